The number of carbonyl (C=O) groups is 4. The van der Waals surface area contributed by atoms with Crippen LogP contribution in [-0.4, -0.2) is 274 Å². The molecule has 8 fully saturated rings. The lowest BCUT2D eigenvalue weighted by Crippen LogP contribution is -2.52. The molecule has 8 aliphatic heterocycles. The number of likely N-dealkylation sites (tertiary alicyclic amines) is 4. The Morgan fingerprint density at radius 1 is 0.318 bits per heavy atom. The minimum Gasteiger partial charge on any atom is -0.331 e. The minimum atomic E-state index is -3.35. The van der Waals surface area contributed by atoms with Crippen molar-refractivity contribution in [3.63, 3.8) is 0 Å². The SMILES string of the molecule is C[C@@H](c1ccc2scnc2c1)N1CCC2(CC1)CN(Cc1ncc(S(C)(=O)=O)cn1)C(=O)N2.C[C@@H](c1ccc2scnc2c1)N1CCC2(CC1)CN(Cc1ncc([S@@](C)(=N)=O)cn1)C(=O)N2.C[C@H](c1ccc2scnc2c1)N1CCC2(CC1)CN(Cc1ncc(S(C)(=O)=O)cn1)C(=O)N2.C[C@H](c1ccc2scnc2c1)N1CCC2(CC1)CN(Cc1ncc([S@@](C)(=N)=O)cn1)C(=O)N2. The molecule has 4 aromatic carbocycles. The van der Waals surface area contributed by atoms with E-state index in [2.05, 4.69) is 201 Å². The van der Waals surface area contributed by atoms with Crippen LogP contribution in [0.1, 0.15) is 149 Å². The van der Waals surface area contributed by atoms with Crippen molar-refractivity contribution in [2.45, 2.75) is 171 Å². The van der Waals surface area contributed by atoms with Gasteiger partial charge in [-0.3, -0.25) is 19.6 Å². The van der Waals surface area contributed by atoms with Gasteiger partial charge in [0.25, 0.3) is 0 Å². The van der Waals surface area contributed by atoms with E-state index in [-0.39, 0.29) is 81.2 Å². The Balaban J connectivity index is 0.000000123. The van der Waals surface area contributed by atoms with E-state index in [9.17, 15) is 44.4 Å². The van der Waals surface area contributed by atoms with E-state index in [0.29, 0.717) is 84.4 Å². The van der Waals surface area contributed by atoms with Gasteiger partial charge in [-0.1, -0.05) is 24.3 Å². The zero-order valence-electron chi connectivity index (χ0n) is 74.4. The lowest BCUT2D eigenvalue weighted by atomic mass is 9.87. The van der Waals surface area contributed by atoms with Crippen molar-refractivity contribution in [2.75, 3.05) is 104 Å². The summed E-state index contributed by atoms with van der Waals surface area (Å²) in [5.74, 6) is 1.83. The first kappa shape index (κ1) is 93.3. The van der Waals surface area contributed by atoms with Crippen LogP contribution in [0.5, 0.6) is 0 Å². The average molecular weight is 1940 g/mol. The third kappa shape index (κ3) is 21.2. The molecule has 0 aliphatic carbocycles. The van der Waals surface area contributed by atoms with Gasteiger partial charge in [0, 0.05) is 177 Å². The van der Waals surface area contributed by atoms with Gasteiger partial charge >= 0.3 is 24.1 Å². The highest BCUT2D eigenvalue weighted by molar-refractivity contribution is 7.92. The smallest absolute Gasteiger partial charge is 0.318 e. The summed E-state index contributed by atoms with van der Waals surface area (Å²) < 4.78 is 90.1. The van der Waals surface area contributed by atoms with Gasteiger partial charge in [0.15, 0.2) is 19.7 Å². The summed E-state index contributed by atoms with van der Waals surface area (Å²) in [6.07, 6.45) is 22.8. The largest absolute Gasteiger partial charge is 0.331 e. The third-order valence-electron chi connectivity index (χ3n) is 27.0. The number of nitrogens with zero attached hydrogens (tertiary/aromatic N) is 20. The van der Waals surface area contributed by atoms with Crippen molar-refractivity contribution in [1.29, 1.82) is 9.56 Å². The number of carbonyl (C=O) groups excluding carboxylic acids is 4. The van der Waals surface area contributed by atoms with E-state index >= 15 is 0 Å². The molecular weight excluding hydrogens is 1840 g/mol. The second-order valence-electron chi connectivity index (χ2n) is 36.0. The monoisotopic (exact) mass is 1940 g/mol. The van der Waals surface area contributed by atoms with Crippen molar-refractivity contribution >= 4 is 149 Å². The number of urea groups is 4. The summed E-state index contributed by atoms with van der Waals surface area (Å²) in [5, 5.41) is 12.8. The fourth-order valence-corrected chi connectivity index (χ4v) is 23.3. The number of aromatic nitrogens is 12. The summed E-state index contributed by atoms with van der Waals surface area (Å²) in [6, 6.07) is 26.8. The molecule has 132 heavy (non-hydrogen) atoms. The summed E-state index contributed by atoms with van der Waals surface area (Å²) in [5.41, 5.74) is 15.8. The minimum absolute atomic E-state index is 0.0732. The maximum absolute atomic E-state index is 12.7. The molecule has 12 aromatic rings. The van der Waals surface area contributed by atoms with Crippen LogP contribution in [0.4, 0.5) is 19.2 Å². The summed E-state index contributed by atoms with van der Waals surface area (Å²) in [7, 11) is -12.4. The molecule has 6 N–H and O–H groups in total. The molecule has 696 valence electrons. The van der Waals surface area contributed by atoms with E-state index in [1.165, 1.54) is 103 Å². The second kappa shape index (κ2) is 37.7. The molecule has 0 unspecified atom stereocenters. The molecule has 8 amide bonds. The van der Waals surface area contributed by atoms with Crippen LogP contribution in [-0.2, 0) is 65.3 Å². The van der Waals surface area contributed by atoms with Gasteiger partial charge < -0.3 is 40.9 Å². The van der Waals surface area contributed by atoms with Gasteiger partial charge in [-0.05, 0) is 150 Å². The Bertz CT molecular complexity index is 5940. The fraction of sp³-hybridized carbons (Fsp3) is 0.455. The molecule has 6 atom stereocenters. The first-order valence-corrected chi connectivity index (χ1v) is 54.8. The number of hydrogen-bond donors (Lipinski definition) is 6. The Hall–Kier alpha value is -10.5. The summed E-state index contributed by atoms with van der Waals surface area (Å²) in [6.45, 7) is 19.6. The first-order chi connectivity index (χ1) is 62.9. The number of thiazole rings is 4. The predicted molar refractivity (Wildman–Crippen MR) is 507 cm³/mol. The van der Waals surface area contributed by atoms with E-state index < -0.39 is 39.1 Å². The Morgan fingerprint density at radius 2 is 0.515 bits per heavy atom. The lowest BCUT2D eigenvalue weighted by Gasteiger charge is -2.41. The molecular formula is C88H106N26O10S8. The molecule has 44 heteroatoms. The standard InChI is InChI=1S/2C22H27N7O2S2.2C22H26N6O3S2/c2*1-15(16-3-4-19-18(9-16)26-14-32-19)28-7-5-22(6-8-28)13-29(21(30)27-22)12-20-24-10-17(11-25-20)33(2,23)31;2*1-15(16-3-4-19-18(9-16)25-14-32-19)27-7-5-22(6-8-27)13-28(21(29)26-22)12-20-23-10-17(11-24-20)33(2,30)31/h2*3-4,9-11,14-15,23H,5-8,12-13H2,1-2H3,(H,27,30);2*3-4,9-11,14-15H,5-8,12-13H2,1-2H3,(H,26,29)/t15-,33+;15-,33-;2*15-/m1010/s1. The zero-order valence-corrected chi connectivity index (χ0v) is 81.0. The molecule has 8 aliphatic rings. The second-order valence-corrected chi connectivity index (χ2v) is 47.9. The van der Waals surface area contributed by atoms with Crippen molar-refractivity contribution in [1.82, 2.24) is 120 Å². The van der Waals surface area contributed by atoms with Crippen LogP contribution >= 0.6 is 45.3 Å². The van der Waals surface area contributed by atoms with Crippen LogP contribution in [0.15, 0.2) is 164 Å². The van der Waals surface area contributed by atoms with Gasteiger partial charge in [-0.2, -0.15) is 0 Å². The molecule has 8 aromatic heterocycles. The highest BCUT2D eigenvalue weighted by atomic mass is 32.2. The first-order valence-electron chi connectivity index (χ1n) is 43.6. The lowest BCUT2D eigenvalue weighted by molar-refractivity contribution is 0.115. The molecule has 20 rings (SSSR count). The predicted octanol–water partition coefficient (Wildman–Crippen LogP) is 11.7. The van der Waals surface area contributed by atoms with Gasteiger partial charge in [-0.25, -0.2) is 114 Å². The number of nitrogens with one attached hydrogen (secondary N) is 6. The normalized spacial score (nSPS) is 20.5. The van der Waals surface area contributed by atoms with E-state index in [0.717, 1.165) is 138 Å². The van der Waals surface area contributed by atoms with E-state index in [1.807, 2.05) is 22.0 Å². The van der Waals surface area contributed by atoms with E-state index in [1.54, 1.807) is 64.9 Å². The molecule has 4 spiro atoms. The number of amides is 8. The number of hydrogen-bond acceptors (Lipinski definition) is 32. The maximum Gasteiger partial charge on any atom is 0.318 e. The van der Waals surface area contributed by atoms with Crippen LogP contribution in [0.2, 0.25) is 0 Å². The number of benzene rings is 4. The topological polar surface area (TPSA) is 447 Å². The van der Waals surface area contributed by atoms with Gasteiger partial charge in [0.05, 0.1) is 140 Å². The Morgan fingerprint density at radius 3 is 0.705 bits per heavy atom. The van der Waals surface area contributed by atoms with Crippen molar-refractivity contribution in [2.24, 2.45) is 0 Å². The van der Waals surface area contributed by atoms with E-state index in [4.69, 9.17) is 9.56 Å². The van der Waals surface area contributed by atoms with Crippen molar-refractivity contribution < 1.29 is 44.4 Å². The maximum atomic E-state index is 12.7. The van der Waals surface area contributed by atoms with Gasteiger partial charge in [0.1, 0.15) is 33.1 Å². The molecule has 36 nitrogen and oxygen atoms in total. The Labute approximate surface area is 782 Å². The number of fused-ring (bicyclic) bond motifs is 4. The van der Waals surface area contributed by atoms with Crippen LogP contribution < -0.4 is 21.3 Å². The number of piperidine rings is 4. The van der Waals surface area contributed by atoms with Crippen LogP contribution in [0.25, 0.3) is 40.9 Å². The zero-order chi connectivity index (χ0) is 92.9. The van der Waals surface area contributed by atoms with Crippen LogP contribution in [0.3, 0.4) is 0 Å². The summed E-state index contributed by atoms with van der Waals surface area (Å²) in [4.78, 5) is 119. The quantitative estimate of drug-likeness (QED) is 0.0413. The van der Waals surface area contributed by atoms with Gasteiger partial charge in [-0.15, -0.1) is 45.3 Å². The average Bonchev–Trinajstić information content (AvgIpc) is 1.64. The van der Waals surface area contributed by atoms with Gasteiger partial charge in [0.2, 0.25) is 0 Å². The van der Waals surface area contributed by atoms with Crippen molar-refractivity contribution in [3.05, 3.63) is 190 Å². The highest BCUT2D eigenvalue weighted by Crippen LogP contribution is 2.40. The third-order valence-corrected chi connectivity index (χ3v) is 34.6. The fourth-order valence-electron chi connectivity index (χ4n) is 18.7. The summed E-state index contributed by atoms with van der Waals surface area (Å²) >= 11 is 6.62. The molecule has 16 heterocycles. The van der Waals surface area contributed by atoms with Crippen LogP contribution in [0, 0.1) is 9.56 Å². The molecule has 0 saturated carbocycles. The highest BCUT2D eigenvalue weighted by Gasteiger charge is 2.50. The number of sulfone groups is 2. The molecule has 8 saturated heterocycles. The Kier molecular flexibility index (Phi) is 26.7. The molecule has 0 bridgehead atoms. The van der Waals surface area contributed by atoms with Crippen molar-refractivity contribution in [3.8, 4) is 0 Å². The molecule has 0 radical (unpaired) electrons. The number of rotatable bonds is 20.